The van der Waals surface area contributed by atoms with Gasteiger partial charge in [0, 0.05) is 29.2 Å². The van der Waals surface area contributed by atoms with Gasteiger partial charge in [0.15, 0.2) is 4.47 Å². The molecule has 2 rings (SSSR count). The summed E-state index contributed by atoms with van der Waals surface area (Å²) in [6.07, 6.45) is 6.87. The molecule has 0 radical (unpaired) electrons. The molecule has 2 aromatic rings. The van der Waals surface area contributed by atoms with Crippen LogP contribution in [0.5, 0.6) is 0 Å². The van der Waals surface area contributed by atoms with Gasteiger partial charge in [-0.25, -0.2) is 9.97 Å². The van der Waals surface area contributed by atoms with E-state index in [2.05, 4.69) is 15.0 Å². The molecule has 0 fully saturated rings. The fourth-order valence-corrected chi connectivity index (χ4v) is 2.68. The lowest BCUT2D eigenvalue weighted by atomic mass is 10.6. The molecule has 72 valence electrons. The van der Waals surface area contributed by atoms with E-state index in [1.54, 1.807) is 36.5 Å². The highest BCUT2D eigenvalue weighted by molar-refractivity contribution is 7.98. The average Bonchev–Trinajstić information content (AvgIpc) is 2.63. The summed E-state index contributed by atoms with van der Waals surface area (Å²) in [7, 11) is 0. The van der Waals surface area contributed by atoms with E-state index in [-0.39, 0.29) is 0 Å². The largest absolute Gasteiger partial charge is 0.260 e. The smallest absolute Gasteiger partial charge is 0.183 e. The Morgan fingerprint density at radius 2 is 2.21 bits per heavy atom. The maximum Gasteiger partial charge on any atom is 0.183 e. The van der Waals surface area contributed by atoms with E-state index in [0.717, 1.165) is 15.7 Å². The molecular formula is C8H6ClN3S2. The van der Waals surface area contributed by atoms with Crippen LogP contribution in [0, 0.1) is 0 Å². The summed E-state index contributed by atoms with van der Waals surface area (Å²) in [6.45, 7) is 0. The number of nitrogens with zero attached hydrogens (tertiary/aromatic N) is 3. The molecule has 0 unspecified atom stereocenters. The van der Waals surface area contributed by atoms with Gasteiger partial charge in [0.05, 0.1) is 6.20 Å². The van der Waals surface area contributed by atoms with Crippen LogP contribution < -0.4 is 0 Å². The number of rotatable bonds is 3. The van der Waals surface area contributed by atoms with E-state index in [0.29, 0.717) is 4.47 Å². The van der Waals surface area contributed by atoms with Gasteiger partial charge < -0.3 is 0 Å². The molecule has 2 heterocycles. The second-order valence-corrected chi connectivity index (χ2v) is 5.10. The van der Waals surface area contributed by atoms with Gasteiger partial charge in [-0.05, 0) is 0 Å². The zero-order valence-corrected chi connectivity index (χ0v) is 9.44. The molecule has 0 spiro atoms. The molecule has 0 N–H and O–H groups in total. The maximum atomic E-state index is 5.71. The molecule has 0 aliphatic heterocycles. The topological polar surface area (TPSA) is 38.7 Å². The molecule has 0 aliphatic rings. The van der Waals surface area contributed by atoms with Crippen molar-refractivity contribution in [2.45, 2.75) is 10.8 Å². The Morgan fingerprint density at radius 1 is 1.29 bits per heavy atom. The molecule has 0 saturated carbocycles. The molecule has 14 heavy (non-hydrogen) atoms. The zero-order valence-electron chi connectivity index (χ0n) is 7.05. The molecular weight excluding hydrogens is 238 g/mol. The van der Waals surface area contributed by atoms with Crippen molar-refractivity contribution in [1.29, 1.82) is 0 Å². The number of halogens is 1. The van der Waals surface area contributed by atoms with E-state index >= 15 is 0 Å². The molecule has 0 atom stereocenters. The molecule has 0 aliphatic carbocycles. The number of hydrogen-bond acceptors (Lipinski definition) is 5. The summed E-state index contributed by atoms with van der Waals surface area (Å²) in [5.74, 6) is 0.836. The fourth-order valence-electron chi connectivity index (χ4n) is 0.855. The van der Waals surface area contributed by atoms with Gasteiger partial charge in [0.1, 0.15) is 5.03 Å². The standard InChI is InChI=1S/C8H6ClN3S2/c9-8-12-3-6(14-8)5-13-7-4-10-1-2-11-7/h1-4H,5H2. The molecule has 0 saturated heterocycles. The van der Waals surface area contributed by atoms with Crippen LogP contribution in [-0.4, -0.2) is 15.0 Å². The number of aromatic nitrogens is 3. The van der Waals surface area contributed by atoms with E-state index in [4.69, 9.17) is 11.6 Å². The molecule has 0 bridgehead atoms. The molecule has 0 aromatic carbocycles. The van der Waals surface area contributed by atoms with E-state index in [9.17, 15) is 0 Å². The van der Waals surface area contributed by atoms with Crippen molar-refractivity contribution in [2.24, 2.45) is 0 Å². The third kappa shape index (κ3) is 2.67. The minimum atomic E-state index is 0.583. The van der Waals surface area contributed by atoms with E-state index in [1.165, 1.54) is 11.3 Å². The highest BCUT2D eigenvalue weighted by Gasteiger charge is 2.01. The van der Waals surface area contributed by atoms with Crippen molar-refractivity contribution < 1.29 is 0 Å². The van der Waals surface area contributed by atoms with Gasteiger partial charge in [0.25, 0.3) is 0 Å². The zero-order chi connectivity index (χ0) is 9.80. The van der Waals surface area contributed by atoms with Crippen LogP contribution in [-0.2, 0) is 5.75 Å². The fraction of sp³-hybridized carbons (Fsp3) is 0.125. The van der Waals surface area contributed by atoms with Crippen molar-refractivity contribution in [2.75, 3.05) is 0 Å². The first-order chi connectivity index (χ1) is 6.84. The maximum absolute atomic E-state index is 5.71. The van der Waals surface area contributed by atoms with Gasteiger partial charge in [-0.1, -0.05) is 23.4 Å². The lowest BCUT2D eigenvalue weighted by Gasteiger charge is -1.95. The van der Waals surface area contributed by atoms with Crippen molar-refractivity contribution in [3.63, 3.8) is 0 Å². The highest BCUT2D eigenvalue weighted by Crippen LogP contribution is 2.25. The minimum Gasteiger partial charge on any atom is -0.260 e. The van der Waals surface area contributed by atoms with Crippen molar-refractivity contribution in [1.82, 2.24) is 15.0 Å². The Hall–Kier alpha value is -0.650. The predicted molar refractivity (Wildman–Crippen MR) is 58.7 cm³/mol. The Bertz CT molecular complexity index is 404. The van der Waals surface area contributed by atoms with Crippen LogP contribution in [0.4, 0.5) is 0 Å². The van der Waals surface area contributed by atoms with Crippen LogP contribution in [0.15, 0.2) is 29.8 Å². The Kier molecular flexibility index (Phi) is 3.34. The van der Waals surface area contributed by atoms with Gasteiger partial charge >= 0.3 is 0 Å². The third-order valence-electron chi connectivity index (χ3n) is 1.43. The predicted octanol–water partition coefficient (Wildman–Crippen LogP) is 2.88. The SMILES string of the molecule is Clc1ncc(CSc2cnccn2)s1. The second-order valence-electron chi connectivity index (χ2n) is 2.41. The molecule has 3 nitrogen and oxygen atoms in total. The lowest BCUT2D eigenvalue weighted by molar-refractivity contribution is 1.05. The average molecular weight is 244 g/mol. The van der Waals surface area contributed by atoms with Crippen molar-refractivity contribution in [3.05, 3.63) is 34.1 Å². The van der Waals surface area contributed by atoms with Gasteiger partial charge in [-0.15, -0.1) is 11.3 Å². The van der Waals surface area contributed by atoms with Gasteiger partial charge in [-0.2, -0.15) is 0 Å². The lowest BCUT2D eigenvalue weighted by Crippen LogP contribution is -1.80. The summed E-state index contributed by atoms with van der Waals surface area (Å²) in [6, 6.07) is 0. The van der Waals surface area contributed by atoms with Gasteiger partial charge in [-0.3, -0.25) is 4.98 Å². The number of thioether (sulfide) groups is 1. The van der Waals surface area contributed by atoms with Crippen molar-refractivity contribution in [3.8, 4) is 0 Å². The first-order valence-electron chi connectivity index (χ1n) is 3.83. The normalized spacial score (nSPS) is 10.4. The number of hydrogen-bond donors (Lipinski definition) is 0. The molecule has 0 amide bonds. The van der Waals surface area contributed by atoms with Crippen LogP contribution in [0.3, 0.4) is 0 Å². The Balaban J connectivity index is 1.95. The van der Waals surface area contributed by atoms with Crippen LogP contribution in [0.1, 0.15) is 4.88 Å². The Morgan fingerprint density at radius 3 is 2.86 bits per heavy atom. The quantitative estimate of drug-likeness (QED) is 0.777. The number of thiazole rings is 1. The first kappa shape index (κ1) is 9.89. The van der Waals surface area contributed by atoms with Gasteiger partial charge in [0.2, 0.25) is 0 Å². The highest BCUT2D eigenvalue weighted by atomic mass is 35.5. The van der Waals surface area contributed by atoms with Crippen LogP contribution in [0.25, 0.3) is 0 Å². The first-order valence-corrected chi connectivity index (χ1v) is 6.01. The molecule has 6 heteroatoms. The minimum absolute atomic E-state index is 0.583. The van der Waals surface area contributed by atoms with Crippen molar-refractivity contribution >= 4 is 34.7 Å². The third-order valence-corrected chi connectivity index (χ3v) is 3.69. The van der Waals surface area contributed by atoms with E-state index in [1.807, 2.05) is 0 Å². The van der Waals surface area contributed by atoms with Crippen LogP contribution in [0.2, 0.25) is 4.47 Å². The molecule has 2 aromatic heterocycles. The summed E-state index contributed by atoms with van der Waals surface area (Å²) < 4.78 is 0.583. The summed E-state index contributed by atoms with van der Waals surface area (Å²) in [5, 5.41) is 0.914. The monoisotopic (exact) mass is 243 g/mol. The van der Waals surface area contributed by atoms with Crippen LogP contribution >= 0.6 is 34.7 Å². The van der Waals surface area contributed by atoms with E-state index < -0.39 is 0 Å². The Labute approximate surface area is 94.6 Å². The summed E-state index contributed by atoms with van der Waals surface area (Å²) >= 11 is 8.83. The summed E-state index contributed by atoms with van der Waals surface area (Å²) in [5.41, 5.74) is 0. The summed E-state index contributed by atoms with van der Waals surface area (Å²) in [4.78, 5) is 13.2. The second kappa shape index (κ2) is 4.72.